The van der Waals surface area contributed by atoms with Gasteiger partial charge in [0.2, 0.25) is 0 Å². The number of carbonyl (C=O) groups is 2. The number of phosphoric acid groups is 1. The number of nitrogen functional groups attached to an aromatic ring is 1. The number of aliphatic hydroxyl groups is 1. The number of methoxy groups -OCH3 is 2. The van der Waals surface area contributed by atoms with E-state index in [0.717, 1.165) is 28.1 Å². The van der Waals surface area contributed by atoms with E-state index in [0.29, 0.717) is 4.47 Å². The molecule has 41 heavy (non-hydrogen) atoms. The summed E-state index contributed by atoms with van der Waals surface area (Å²) in [5, 5.41) is 10.9. The minimum atomic E-state index is -4.25. The van der Waals surface area contributed by atoms with E-state index in [1.54, 1.807) is 41.5 Å². The second-order valence-electron chi connectivity index (χ2n) is 10.7. The largest absolute Gasteiger partial charge is 0.474 e. The number of carbonyl (C=O) groups excluding carboxylic acids is 2. The summed E-state index contributed by atoms with van der Waals surface area (Å²) < 4.78 is 41.9. The van der Waals surface area contributed by atoms with Crippen molar-refractivity contribution in [2.24, 2.45) is 10.8 Å². The van der Waals surface area contributed by atoms with Crippen LogP contribution in [0.25, 0.3) is 0 Å². The van der Waals surface area contributed by atoms with Crippen molar-refractivity contribution in [3.63, 3.8) is 0 Å². The summed E-state index contributed by atoms with van der Waals surface area (Å²) >= 11 is 5.23. The number of nitrogens with zero attached hydrogens (tertiary/aromatic N) is 2. The van der Waals surface area contributed by atoms with Crippen LogP contribution in [0.2, 0.25) is 0 Å². The first-order chi connectivity index (χ1) is 18.9. The van der Waals surface area contributed by atoms with E-state index in [-0.39, 0.29) is 40.8 Å². The number of aromatic nitrogens is 2. The Morgan fingerprint density at radius 1 is 1.02 bits per heavy atom. The highest BCUT2D eigenvalue weighted by Gasteiger charge is 2.35. The van der Waals surface area contributed by atoms with Crippen molar-refractivity contribution in [3.05, 3.63) is 21.2 Å². The Labute approximate surface area is 257 Å². The molecule has 3 atom stereocenters. The van der Waals surface area contributed by atoms with Gasteiger partial charge in [0.1, 0.15) is 18.0 Å². The van der Waals surface area contributed by atoms with E-state index in [2.05, 4.69) is 20.9 Å². The maximum atomic E-state index is 13.5. The lowest BCUT2D eigenvalue weighted by Crippen LogP contribution is -2.43. The van der Waals surface area contributed by atoms with Gasteiger partial charge in [-0.15, -0.1) is 0 Å². The van der Waals surface area contributed by atoms with Gasteiger partial charge < -0.3 is 20.3 Å². The van der Waals surface area contributed by atoms with Gasteiger partial charge in [0, 0.05) is 42.8 Å². The first kappa shape index (κ1) is 38.2. The zero-order chi connectivity index (χ0) is 31.6. The lowest BCUT2D eigenvalue weighted by molar-refractivity contribution is -0.131. The molecule has 236 valence electrons. The van der Waals surface area contributed by atoms with Crippen LogP contribution in [-0.4, -0.2) is 82.6 Å². The van der Waals surface area contributed by atoms with Crippen molar-refractivity contribution >= 4 is 63.3 Å². The highest BCUT2D eigenvalue weighted by Crippen LogP contribution is 2.50. The van der Waals surface area contributed by atoms with Crippen LogP contribution in [0.1, 0.15) is 47.8 Å². The van der Waals surface area contributed by atoms with Gasteiger partial charge in [-0.05, 0) is 15.9 Å². The summed E-state index contributed by atoms with van der Waals surface area (Å²) in [4.78, 5) is 40.4. The third kappa shape index (κ3) is 12.8. The zero-order valence-corrected chi connectivity index (χ0v) is 28.7. The number of anilines is 1. The van der Waals surface area contributed by atoms with Crippen molar-refractivity contribution in [1.29, 1.82) is 0 Å². The van der Waals surface area contributed by atoms with Crippen LogP contribution in [0.5, 0.6) is 0 Å². The third-order valence-electron chi connectivity index (χ3n) is 5.18. The molecule has 1 heterocycles. The maximum absolute atomic E-state index is 13.5. The summed E-state index contributed by atoms with van der Waals surface area (Å²) in [7, 11) is -1.70. The molecule has 13 nitrogen and oxygen atoms in total. The van der Waals surface area contributed by atoms with Crippen LogP contribution in [0.15, 0.2) is 15.5 Å². The molecule has 0 saturated carbocycles. The Bertz CT molecular complexity index is 1090. The number of hydrogen-bond donors (Lipinski definition) is 2. The van der Waals surface area contributed by atoms with Gasteiger partial charge in [-0.3, -0.25) is 27.7 Å². The quantitative estimate of drug-likeness (QED) is 0.187. The summed E-state index contributed by atoms with van der Waals surface area (Å²) in [5.74, 6) is 0.338. The molecule has 1 aromatic rings. The number of rotatable bonds is 16. The summed E-state index contributed by atoms with van der Waals surface area (Å²) in [6.07, 6.45) is -2.65. The van der Waals surface area contributed by atoms with Crippen molar-refractivity contribution in [1.82, 2.24) is 9.55 Å². The normalized spacial score (nSPS) is 15.0. The highest BCUT2D eigenvalue weighted by atomic mass is 79.9. The Morgan fingerprint density at radius 3 is 1.93 bits per heavy atom. The van der Waals surface area contributed by atoms with Gasteiger partial charge in [-0.25, -0.2) is 9.36 Å². The molecule has 0 aliphatic heterocycles. The summed E-state index contributed by atoms with van der Waals surface area (Å²) in [6.45, 7) is 9.94. The second kappa shape index (κ2) is 16.9. The molecule has 0 saturated heterocycles. The lowest BCUT2D eigenvalue weighted by atomic mass is 9.99. The van der Waals surface area contributed by atoms with Crippen LogP contribution in [0, 0.1) is 10.8 Å². The predicted molar refractivity (Wildman–Crippen MR) is 163 cm³/mol. The fourth-order valence-electron chi connectivity index (χ4n) is 2.82. The maximum Gasteiger partial charge on any atom is 0.474 e. The van der Waals surface area contributed by atoms with Crippen molar-refractivity contribution in [2.45, 2.75) is 60.0 Å². The fraction of sp³-hybridized carbons (Fsp3) is 0.750. The Kier molecular flexibility index (Phi) is 15.7. The molecule has 0 radical (unpaired) electrons. The molecule has 0 fully saturated rings. The zero-order valence-electron chi connectivity index (χ0n) is 24.6. The molecule has 0 amide bonds. The van der Waals surface area contributed by atoms with Crippen molar-refractivity contribution < 1.29 is 42.3 Å². The standard InChI is InChI=1S/C24H41BrN3O10PS2/c1-23(2,3)20(30)40-11-9-36-39(33,37-10-12-41-21(31)24(4,5)6)38-14-16(34-7)17(29)19(35-8)28-13-15(25)18(26)27-22(28)32/h13,16-17,19,29H,9-12,14H2,1-8H3,(H2,26,27,32)/t16-,17-,19-/m1/s1. The Morgan fingerprint density at radius 2 is 1.51 bits per heavy atom. The van der Waals surface area contributed by atoms with Gasteiger partial charge in [-0.2, -0.15) is 4.98 Å². The first-order valence-corrected chi connectivity index (χ1v) is 16.7. The topological polar surface area (TPSA) is 178 Å². The summed E-state index contributed by atoms with van der Waals surface area (Å²) in [6, 6.07) is 0. The molecule has 17 heteroatoms. The molecule has 1 aromatic heterocycles. The number of phosphoric ester groups is 1. The van der Waals surface area contributed by atoms with E-state index >= 15 is 0 Å². The van der Waals surface area contributed by atoms with E-state index in [4.69, 9.17) is 28.8 Å². The highest BCUT2D eigenvalue weighted by molar-refractivity contribution is 9.10. The van der Waals surface area contributed by atoms with Crippen molar-refractivity contribution in [3.8, 4) is 0 Å². The number of thioether (sulfide) groups is 2. The molecule has 0 aromatic carbocycles. The third-order valence-corrected chi connectivity index (χ3v) is 9.74. The average Bonchev–Trinajstić information content (AvgIpc) is 2.87. The van der Waals surface area contributed by atoms with Crippen LogP contribution in [0.4, 0.5) is 5.82 Å². The Hall–Kier alpha value is -0.810. The van der Waals surface area contributed by atoms with Crippen molar-refractivity contribution in [2.75, 3.05) is 51.3 Å². The van der Waals surface area contributed by atoms with E-state index in [1.807, 2.05) is 0 Å². The van der Waals surface area contributed by atoms with Gasteiger partial charge in [0.25, 0.3) is 0 Å². The number of aliphatic hydroxyl groups excluding tert-OH is 1. The van der Waals surface area contributed by atoms with Gasteiger partial charge >= 0.3 is 13.5 Å². The van der Waals surface area contributed by atoms with Gasteiger partial charge in [0.05, 0.1) is 24.3 Å². The van der Waals surface area contributed by atoms with E-state index in [1.165, 1.54) is 20.4 Å². The minimum absolute atomic E-state index is 0.0396. The molecular formula is C24H41BrN3O10PS2. The lowest BCUT2D eigenvalue weighted by Gasteiger charge is -2.29. The predicted octanol–water partition coefficient (Wildman–Crippen LogP) is 3.88. The molecule has 1 rings (SSSR count). The fourth-order valence-corrected chi connectivity index (χ4v) is 6.13. The SMILES string of the molecule is CO[C@H]([C@H](O)[C@@H](COP(=O)(OCCSC(=O)C(C)(C)C)OCCSC(=O)C(C)(C)C)OC)n1cc(Br)c(N)nc1=O. The second-order valence-corrected chi connectivity index (χ2v) is 15.4. The molecular weight excluding hydrogens is 665 g/mol. The average molecular weight is 707 g/mol. The number of nitrogens with two attached hydrogens (primary N) is 1. The monoisotopic (exact) mass is 705 g/mol. The van der Waals surface area contributed by atoms with Gasteiger partial charge in [-0.1, -0.05) is 65.1 Å². The molecule has 0 spiro atoms. The smallest absolute Gasteiger partial charge is 0.386 e. The molecule has 0 bridgehead atoms. The van der Waals surface area contributed by atoms with E-state index in [9.17, 15) is 24.1 Å². The summed E-state index contributed by atoms with van der Waals surface area (Å²) in [5.41, 5.74) is 3.74. The van der Waals surface area contributed by atoms with Crippen LogP contribution in [0.3, 0.4) is 0 Å². The van der Waals surface area contributed by atoms with Crippen LogP contribution < -0.4 is 11.4 Å². The van der Waals surface area contributed by atoms with Crippen LogP contribution >= 0.6 is 47.3 Å². The minimum Gasteiger partial charge on any atom is -0.386 e. The van der Waals surface area contributed by atoms with Crippen LogP contribution in [-0.2, 0) is 37.2 Å². The molecule has 0 aliphatic carbocycles. The number of hydrogen-bond acceptors (Lipinski definition) is 14. The molecule has 3 N–H and O–H groups in total. The van der Waals surface area contributed by atoms with Gasteiger partial charge in [0.15, 0.2) is 16.5 Å². The molecule has 0 aliphatic rings. The molecule has 0 unspecified atom stereocenters. The Balaban J connectivity index is 2.98. The van der Waals surface area contributed by atoms with E-state index < -0.39 is 49.4 Å². The number of ether oxygens (including phenoxy) is 2. The number of halogens is 1. The first-order valence-electron chi connectivity index (χ1n) is 12.5.